The largest absolute Gasteiger partial charge is 0.391 e. The van der Waals surface area contributed by atoms with Crippen molar-refractivity contribution in [1.29, 1.82) is 0 Å². The fourth-order valence-corrected chi connectivity index (χ4v) is 0.758. The van der Waals surface area contributed by atoms with E-state index in [1.54, 1.807) is 0 Å². The highest BCUT2D eigenvalue weighted by molar-refractivity contribution is 5.71. The topological polar surface area (TPSA) is 66.6 Å². The molecule has 4 heteroatoms. The molecule has 0 radical (unpaired) electrons. The number of nitrogens with two attached hydrogens (primary N) is 1. The maximum atomic E-state index is 10.6. The third-order valence-electron chi connectivity index (χ3n) is 1.60. The van der Waals surface area contributed by atoms with Crippen molar-refractivity contribution < 1.29 is 9.90 Å². The van der Waals surface area contributed by atoms with Gasteiger partial charge in [-0.3, -0.25) is 0 Å². The first-order valence-electron chi connectivity index (χ1n) is 3.84. The highest BCUT2D eigenvalue weighted by Gasteiger charge is 2.10. The fraction of sp³-hybridized carbons (Fsp3) is 0.857. The van der Waals surface area contributed by atoms with Gasteiger partial charge in [-0.25, -0.2) is 4.79 Å². The van der Waals surface area contributed by atoms with Crippen molar-refractivity contribution in [3.63, 3.8) is 0 Å². The molecule has 0 saturated heterocycles. The van der Waals surface area contributed by atoms with Crippen LogP contribution in [0.3, 0.4) is 0 Å². The van der Waals surface area contributed by atoms with E-state index in [-0.39, 0.29) is 0 Å². The first-order chi connectivity index (χ1) is 5.11. The summed E-state index contributed by atoms with van der Waals surface area (Å²) in [5, 5.41) is 9.16. The average Bonchev–Trinajstić information content (AvgIpc) is 1.99. The minimum absolute atomic E-state index is 0.336. The standard InChI is InChI=1S/C7H16N2O2/c1-3-6(10)5-9(4-2)7(8)11/h6,10H,3-5H2,1-2H3,(H2,8,11). The highest BCUT2D eigenvalue weighted by atomic mass is 16.3. The quantitative estimate of drug-likeness (QED) is 0.615. The number of nitrogens with zero attached hydrogens (tertiary/aromatic N) is 1. The molecule has 0 saturated carbocycles. The lowest BCUT2D eigenvalue weighted by Crippen LogP contribution is -2.40. The molecule has 0 spiro atoms. The second-order valence-corrected chi connectivity index (χ2v) is 2.44. The Kier molecular flexibility index (Phi) is 4.61. The average molecular weight is 160 g/mol. The van der Waals surface area contributed by atoms with Crippen LogP contribution in [0.15, 0.2) is 0 Å². The zero-order chi connectivity index (χ0) is 8.85. The van der Waals surface area contributed by atoms with Crippen LogP contribution in [0.2, 0.25) is 0 Å². The monoisotopic (exact) mass is 160 g/mol. The first kappa shape index (κ1) is 10.2. The van der Waals surface area contributed by atoms with E-state index < -0.39 is 12.1 Å². The number of primary amides is 1. The Bertz CT molecular complexity index is 128. The van der Waals surface area contributed by atoms with E-state index in [2.05, 4.69) is 0 Å². The van der Waals surface area contributed by atoms with Crippen LogP contribution in [-0.4, -0.2) is 35.2 Å². The van der Waals surface area contributed by atoms with Crippen molar-refractivity contribution >= 4 is 6.03 Å². The van der Waals surface area contributed by atoms with Crippen molar-refractivity contribution in [2.24, 2.45) is 5.73 Å². The summed E-state index contributed by atoms with van der Waals surface area (Å²) >= 11 is 0. The van der Waals surface area contributed by atoms with Crippen molar-refractivity contribution in [2.75, 3.05) is 13.1 Å². The summed E-state index contributed by atoms with van der Waals surface area (Å²) in [4.78, 5) is 12.0. The zero-order valence-electron chi connectivity index (χ0n) is 7.08. The zero-order valence-corrected chi connectivity index (χ0v) is 7.08. The van der Waals surface area contributed by atoms with Crippen molar-refractivity contribution in [1.82, 2.24) is 4.90 Å². The van der Waals surface area contributed by atoms with E-state index in [9.17, 15) is 4.79 Å². The van der Waals surface area contributed by atoms with Gasteiger partial charge < -0.3 is 15.7 Å². The molecule has 2 amide bonds. The predicted molar refractivity (Wildman–Crippen MR) is 43.1 cm³/mol. The number of aliphatic hydroxyl groups is 1. The molecule has 0 aromatic rings. The number of amides is 2. The van der Waals surface area contributed by atoms with Gasteiger partial charge in [-0.1, -0.05) is 6.92 Å². The van der Waals surface area contributed by atoms with Gasteiger partial charge in [0.15, 0.2) is 0 Å². The van der Waals surface area contributed by atoms with E-state index in [0.717, 1.165) is 0 Å². The van der Waals surface area contributed by atoms with Gasteiger partial charge in [0.1, 0.15) is 0 Å². The fourth-order valence-electron chi connectivity index (χ4n) is 0.758. The Labute approximate surface area is 67.0 Å². The molecule has 0 aromatic heterocycles. The second-order valence-electron chi connectivity index (χ2n) is 2.44. The molecule has 0 rings (SSSR count). The molecule has 4 nitrogen and oxygen atoms in total. The van der Waals surface area contributed by atoms with Crippen LogP contribution in [0.4, 0.5) is 4.79 Å². The SMILES string of the molecule is CCC(O)CN(CC)C(N)=O. The van der Waals surface area contributed by atoms with Gasteiger partial charge in [-0.05, 0) is 13.3 Å². The molecule has 0 aliphatic carbocycles. The van der Waals surface area contributed by atoms with E-state index in [1.807, 2.05) is 13.8 Å². The first-order valence-corrected chi connectivity index (χ1v) is 3.84. The summed E-state index contributed by atoms with van der Waals surface area (Å²) in [7, 11) is 0. The highest BCUT2D eigenvalue weighted by Crippen LogP contribution is 1.95. The molecule has 1 unspecified atom stereocenters. The van der Waals surface area contributed by atoms with Gasteiger partial charge in [0.05, 0.1) is 6.10 Å². The van der Waals surface area contributed by atoms with Crippen LogP contribution in [0.25, 0.3) is 0 Å². The smallest absolute Gasteiger partial charge is 0.314 e. The van der Waals surface area contributed by atoms with Crippen molar-refractivity contribution in [3.05, 3.63) is 0 Å². The minimum Gasteiger partial charge on any atom is -0.391 e. The molecule has 0 fully saturated rings. The molecule has 66 valence electrons. The van der Waals surface area contributed by atoms with Gasteiger partial charge in [0, 0.05) is 13.1 Å². The Morgan fingerprint density at radius 3 is 2.45 bits per heavy atom. The molecule has 1 atom stereocenters. The maximum absolute atomic E-state index is 10.6. The van der Waals surface area contributed by atoms with Gasteiger partial charge in [0.25, 0.3) is 0 Å². The van der Waals surface area contributed by atoms with Crippen molar-refractivity contribution in [3.8, 4) is 0 Å². The number of rotatable bonds is 4. The lowest BCUT2D eigenvalue weighted by atomic mass is 10.2. The predicted octanol–water partition coefficient (Wildman–Crippen LogP) is 0.158. The van der Waals surface area contributed by atoms with E-state index in [0.29, 0.717) is 19.5 Å². The van der Waals surface area contributed by atoms with E-state index >= 15 is 0 Å². The molecule has 0 aliphatic rings. The summed E-state index contributed by atoms with van der Waals surface area (Å²) in [6, 6.07) is -0.472. The van der Waals surface area contributed by atoms with Crippen LogP contribution >= 0.6 is 0 Å². The van der Waals surface area contributed by atoms with E-state index in [1.165, 1.54) is 4.90 Å². The third-order valence-corrected chi connectivity index (χ3v) is 1.60. The minimum atomic E-state index is -0.472. The number of carbonyl (C=O) groups is 1. The van der Waals surface area contributed by atoms with Crippen LogP contribution in [0.5, 0.6) is 0 Å². The Balaban J connectivity index is 3.77. The summed E-state index contributed by atoms with van der Waals surface area (Å²) in [6.45, 7) is 4.57. The molecular weight excluding hydrogens is 144 g/mol. The Hall–Kier alpha value is -0.770. The number of carbonyl (C=O) groups excluding carboxylic acids is 1. The van der Waals surface area contributed by atoms with Crippen LogP contribution in [-0.2, 0) is 0 Å². The maximum Gasteiger partial charge on any atom is 0.314 e. The molecule has 3 N–H and O–H groups in total. The van der Waals surface area contributed by atoms with Gasteiger partial charge in [-0.2, -0.15) is 0 Å². The van der Waals surface area contributed by atoms with Gasteiger partial charge in [-0.15, -0.1) is 0 Å². The summed E-state index contributed by atoms with van der Waals surface area (Å²) in [5.74, 6) is 0. The molecule has 0 aromatic carbocycles. The number of aliphatic hydroxyl groups excluding tert-OH is 1. The van der Waals surface area contributed by atoms with Crippen LogP contribution in [0, 0.1) is 0 Å². The lowest BCUT2D eigenvalue weighted by molar-refractivity contribution is 0.123. The van der Waals surface area contributed by atoms with Gasteiger partial charge >= 0.3 is 6.03 Å². The summed E-state index contributed by atoms with van der Waals surface area (Å²) in [5.41, 5.74) is 5.03. The van der Waals surface area contributed by atoms with Crippen molar-refractivity contribution in [2.45, 2.75) is 26.4 Å². The summed E-state index contributed by atoms with van der Waals surface area (Å²) < 4.78 is 0. The number of likely N-dealkylation sites (N-methyl/N-ethyl adjacent to an activating group) is 1. The molecular formula is C7H16N2O2. The van der Waals surface area contributed by atoms with Crippen LogP contribution < -0.4 is 5.73 Å². The molecule has 11 heavy (non-hydrogen) atoms. The molecule has 0 aliphatic heterocycles. The molecule has 0 bridgehead atoms. The Morgan fingerprint density at radius 1 is 1.64 bits per heavy atom. The number of hydrogen-bond donors (Lipinski definition) is 2. The third kappa shape index (κ3) is 3.83. The second kappa shape index (κ2) is 4.96. The van der Waals surface area contributed by atoms with Gasteiger partial charge in [0.2, 0.25) is 0 Å². The number of hydrogen-bond acceptors (Lipinski definition) is 2. The normalized spacial score (nSPS) is 12.6. The van der Waals surface area contributed by atoms with Crippen LogP contribution in [0.1, 0.15) is 20.3 Å². The lowest BCUT2D eigenvalue weighted by Gasteiger charge is -2.20. The summed E-state index contributed by atoms with van der Waals surface area (Å²) in [6.07, 6.45) is 0.187. The van der Waals surface area contributed by atoms with E-state index in [4.69, 9.17) is 10.8 Å². The molecule has 0 heterocycles. The number of urea groups is 1. The Morgan fingerprint density at radius 2 is 2.18 bits per heavy atom.